The minimum atomic E-state index is -0.368. The molecule has 1 aliphatic rings. The fourth-order valence-corrected chi connectivity index (χ4v) is 1.81. The van der Waals surface area contributed by atoms with Gasteiger partial charge in [0, 0.05) is 31.8 Å². The van der Waals surface area contributed by atoms with Gasteiger partial charge in [0.1, 0.15) is 0 Å². The Labute approximate surface area is 94.3 Å². The minimum Gasteiger partial charge on any atom is -0.295 e. The molecule has 2 rings (SSSR count). The summed E-state index contributed by atoms with van der Waals surface area (Å²) >= 11 is 0. The summed E-state index contributed by atoms with van der Waals surface area (Å²) in [6, 6.07) is 6.79. The van der Waals surface area contributed by atoms with Gasteiger partial charge in [0.05, 0.1) is 4.92 Å². The van der Waals surface area contributed by atoms with Crippen LogP contribution in [0.15, 0.2) is 36.4 Å². The van der Waals surface area contributed by atoms with Gasteiger partial charge in [-0.3, -0.25) is 15.0 Å². The summed E-state index contributed by atoms with van der Waals surface area (Å²) in [6.45, 7) is 2.90. The van der Waals surface area contributed by atoms with Crippen LogP contribution in [0.3, 0.4) is 0 Å². The summed E-state index contributed by atoms with van der Waals surface area (Å²) in [5.41, 5.74) is 1.28. The van der Waals surface area contributed by atoms with Crippen LogP contribution in [0, 0.1) is 10.1 Å². The monoisotopic (exact) mass is 218 g/mol. The molecule has 0 aliphatic carbocycles. The molecule has 16 heavy (non-hydrogen) atoms. The average Bonchev–Trinajstić information content (AvgIpc) is 2.31. The Hall–Kier alpha value is -1.68. The zero-order valence-electron chi connectivity index (χ0n) is 9.00. The molecule has 1 aromatic carbocycles. The van der Waals surface area contributed by atoms with Crippen molar-refractivity contribution in [1.82, 2.24) is 4.90 Å². The number of nitro benzene ring substituents is 1. The molecule has 0 saturated heterocycles. The van der Waals surface area contributed by atoms with E-state index >= 15 is 0 Å². The smallest absolute Gasteiger partial charge is 0.269 e. The number of hydrogen-bond donors (Lipinski definition) is 0. The van der Waals surface area contributed by atoms with Gasteiger partial charge in [-0.15, -0.1) is 0 Å². The molecular formula is C12H14N2O2. The first-order valence-electron chi connectivity index (χ1n) is 5.36. The number of non-ortho nitro benzene ring substituents is 1. The second-order valence-electron chi connectivity index (χ2n) is 3.92. The number of rotatable bonds is 3. The third kappa shape index (κ3) is 2.67. The molecule has 1 aromatic rings. The second-order valence-corrected chi connectivity index (χ2v) is 3.92. The van der Waals surface area contributed by atoms with Crippen LogP contribution < -0.4 is 0 Å². The van der Waals surface area contributed by atoms with E-state index in [4.69, 9.17) is 0 Å². The molecule has 0 spiro atoms. The Morgan fingerprint density at radius 1 is 1.25 bits per heavy atom. The van der Waals surface area contributed by atoms with E-state index in [2.05, 4.69) is 17.1 Å². The predicted octanol–water partition coefficient (Wildman–Crippen LogP) is 2.36. The van der Waals surface area contributed by atoms with Crippen molar-refractivity contribution in [3.05, 3.63) is 52.1 Å². The lowest BCUT2D eigenvalue weighted by molar-refractivity contribution is -0.384. The highest BCUT2D eigenvalue weighted by molar-refractivity contribution is 5.32. The Morgan fingerprint density at radius 3 is 2.56 bits per heavy atom. The van der Waals surface area contributed by atoms with Crippen molar-refractivity contribution >= 4 is 5.69 Å². The highest BCUT2D eigenvalue weighted by Gasteiger charge is 2.08. The largest absolute Gasteiger partial charge is 0.295 e. The van der Waals surface area contributed by atoms with E-state index in [1.54, 1.807) is 12.1 Å². The molecule has 0 aromatic heterocycles. The Bertz CT molecular complexity index is 398. The maximum atomic E-state index is 10.5. The van der Waals surface area contributed by atoms with Crippen molar-refractivity contribution in [2.24, 2.45) is 0 Å². The van der Waals surface area contributed by atoms with Crippen LogP contribution in [-0.4, -0.2) is 22.9 Å². The van der Waals surface area contributed by atoms with Crippen LogP contribution in [-0.2, 0) is 6.54 Å². The molecule has 0 atom stereocenters. The van der Waals surface area contributed by atoms with Crippen molar-refractivity contribution in [1.29, 1.82) is 0 Å². The van der Waals surface area contributed by atoms with Crippen LogP contribution in [0.1, 0.15) is 12.0 Å². The van der Waals surface area contributed by atoms with Gasteiger partial charge in [0.2, 0.25) is 0 Å². The fourth-order valence-electron chi connectivity index (χ4n) is 1.81. The molecule has 1 aliphatic heterocycles. The van der Waals surface area contributed by atoms with E-state index < -0.39 is 0 Å². The Balaban J connectivity index is 1.99. The molecule has 0 fully saturated rings. The lowest BCUT2D eigenvalue weighted by Crippen LogP contribution is -2.26. The molecule has 0 amide bonds. The maximum absolute atomic E-state index is 10.5. The predicted molar refractivity (Wildman–Crippen MR) is 62.1 cm³/mol. The van der Waals surface area contributed by atoms with Crippen LogP contribution in [0.4, 0.5) is 5.69 Å². The molecule has 4 heteroatoms. The summed E-state index contributed by atoms with van der Waals surface area (Å²) in [6.07, 6.45) is 5.44. The van der Waals surface area contributed by atoms with Crippen molar-refractivity contribution in [3.8, 4) is 0 Å². The summed E-state index contributed by atoms with van der Waals surface area (Å²) < 4.78 is 0. The van der Waals surface area contributed by atoms with E-state index in [-0.39, 0.29) is 10.6 Å². The molecule has 4 nitrogen and oxygen atoms in total. The van der Waals surface area contributed by atoms with E-state index in [0.717, 1.165) is 31.6 Å². The normalized spacial score (nSPS) is 16.2. The highest BCUT2D eigenvalue weighted by Crippen LogP contribution is 2.14. The van der Waals surface area contributed by atoms with Crippen molar-refractivity contribution in [2.75, 3.05) is 13.1 Å². The number of benzene rings is 1. The van der Waals surface area contributed by atoms with E-state index in [1.807, 2.05) is 12.1 Å². The van der Waals surface area contributed by atoms with Crippen molar-refractivity contribution < 1.29 is 4.92 Å². The third-order valence-electron chi connectivity index (χ3n) is 2.70. The number of hydrogen-bond acceptors (Lipinski definition) is 3. The van der Waals surface area contributed by atoms with E-state index in [1.165, 1.54) is 0 Å². The lowest BCUT2D eigenvalue weighted by atomic mass is 10.1. The summed E-state index contributed by atoms with van der Waals surface area (Å²) in [5, 5.41) is 10.5. The van der Waals surface area contributed by atoms with Gasteiger partial charge in [-0.05, 0) is 12.0 Å². The van der Waals surface area contributed by atoms with Gasteiger partial charge in [0.25, 0.3) is 5.69 Å². The average molecular weight is 218 g/mol. The Kier molecular flexibility index (Phi) is 3.31. The SMILES string of the molecule is O=[N+]([O-])c1ccc(CN2CC=CCC2)cc1. The first kappa shape index (κ1) is 10.8. The summed E-state index contributed by atoms with van der Waals surface area (Å²) in [7, 11) is 0. The molecular weight excluding hydrogens is 204 g/mol. The molecule has 84 valence electrons. The first-order chi connectivity index (χ1) is 7.75. The molecule has 0 saturated carbocycles. The van der Waals surface area contributed by atoms with Crippen molar-refractivity contribution in [2.45, 2.75) is 13.0 Å². The third-order valence-corrected chi connectivity index (χ3v) is 2.70. The quantitative estimate of drug-likeness (QED) is 0.444. The van der Waals surface area contributed by atoms with Gasteiger partial charge in [0.15, 0.2) is 0 Å². The van der Waals surface area contributed by atoms with Gasteiger partial charge in [-0.2, -0.15) is 0 Å². The molecule has 0 bridgehead atoms. The molecule has 0 N–H and O–H groups in total. The molecule has 0 radical (unpaired) electrons. The number of nitro groups is 1. The summed E-state index contributed by atoms with van der Waals surface area (Å²) in [4.78, 5) is 12.4. The Morgan fingerprint density at radius 2 is 2.00 bits per heavy atom. The van der Waals surface area contributed by atoms with Crippen LogP contribution in [0.25, 0.3) is 0 Å². The highest BCUT2D eigenvalue weighted by atomic mass is 16.6. The standard InChI is InChI=1S/C12H14N2O2/c15-14(16)12-6-4-11(5-7-12)10-13-8-2-1-3-9-13/h1-2,4-7H,3,8-10H2. The zero-order valence-corrected chi connectivity index (χ0v) is 9.00. The van der Waals surface area contributed by atoms with Gasteiger partial charge >= 0.3 is 0 Å². The lowest BCUT2D eigenvalue weighted by Gasteiger charge is -2.22. The first-order valence-corrected chi connectivity index (χ1v) is 5.36. The topological polar surface area (TPSA) is 46.4 Å². The second kappa shape index (κ2) is 4.90. The van der Waals surface area contributed by atoms with Gasteiger partial charge in [-0.1, -0.05) is 24.3 Å². The van der Waals surface area contributed by atoms with Crippen LogP contribution >= 0.6 is 0 Å². The minimum absolute atomic E-state index is 0.155. The molecule has 1 heterocycles. The van der Waals surface area contributed by atoms with Crippen LogP contribution in [0.2, 0.25) is 0 Å². The fraction of sp³-hybridized carbons (Fsp3) is 0.333. The van der Waals surface area contributed by atoms with Gasteiger partial charge < -0.3 is 0 Å². The number of nitrogens with zero attached hydrogens (tertiary/aromatic N) is 2. The van der Waals surface area contributed by atoms with E-state index in [0.29, 0.717) is 0 Å². The van der Waals surface area contributed by atoms with E-state index in [9.17, 15) is 10.1 Å². The van der Waals surface area contributed by atoms with Crippen molar-refractivity contribution in [3.63, 3.8) is 0 Å². The van der Waals surface area contributed by atoms with Gasteiger partial charge in [-0.25, -0.2) is 0 Å². The zero-order chi connectivity index (χ0) is 11.4. The molecule has 0 unspecified atom stereocenters. The summed E-state index contributed by atoms with van der Waals surface area (Å²) in [5.74, 6) is 0. The van der Waals surface area contributed by atoms with Crippen LogP contribution in [0.5, 0.6) is 0 Å². The maximum Gasteiger partial charge on any atom is 0.269 e.